The van der Waals surface area contributed by atoms with Gasteiger partial charge in [0.25, 0.3) is 5.91 Å². The first-order chi connectivity index (χ1) is 18.4. The number of nitrogens with zero attached hydrogens (tertiary/aromatic N) is 1. The molecule has 0 fully saturated rings. The van der Waals surface area contributed by atoms with E-state index >= 15 is 0 Å². The molecule has 4 aromatic rings. The summed E-state index contributed by atoms with van der Waals surface area (Å²) in [6, 6.07) is 25.2. The number of methoxy groups -OCH3 is 2. The second-order valence-electron chi connectivity index (χ2n) is 8.27. The van der Waals surface area contributed by atoms with E-state index in [4.69, 9.17) is 14.2 Å². The van der Waals surface area contributed by atoms with Crippen LogP contribution in [-0.2, 0) is 17.9 Å². The van der Waals surface area contributed by atoms with Crippen molar-refractivity contribution in [2.75, 3.05) is 14.2 Å². The Hall–Kier alpha value is -3.80. The van der Waals surface area contributed by atoms with Gasteiger partial charge in [-0.25, -0.2) is 0 Å². The summed E-state index contributed by atoms with van der Waals surface area (Å²) in [5, 5.41) is 14.7. The lowest BCUT2D eigenvalue weighted by Crippen LogP contribution is -2.24. The van der Waals surface area contributed by atoms with E-state index in [1.54, 1.807) is 44.6 Å². The molecule has 1 amide bonds. The fourth-order valence-electron chi connectivity index (χ4n) is 3.95. The highest BCUT2D eigenvalue weighted by Gasteiger charge is 2.14. The van der Waals surface area contributed by atoms with Crippen LogP contribution in [0.2, 0.25) is 0 Å². The van der Waals surface area contributed by atoms with Gasteiger partial charge in [0.2, 0.25) is 0 Å². The Bertz CT molecular complexity index is 1530. The van der Waals surface area contributed by atoms with Crippen molar-refractivity contribution in [3.8, 4) is 23.3 Å². The van der Waals surface area contributed by atoms with E-state index in [-0.39, 0.29) is 12.1 Å². The normalized spacial score (nSPS) is 11.1. The number of fused-ring (bicyclic) bond motifs is 1. The SMILES string of the molecule is COc1ccc(CNC(=O)/C(C#N)=C/c2cc(Br)c(OCc3cccc4ccccc34)c(Br)c2)c(OC)c1. The molecule has 0 saturated carbocycles. The van der Waals surface area contributed by atoms with Crippen molar-refractivity contribution < 1.29 is 19.0 Å². The smallest absolute Gasteiger partial charge is 0.262 e. The molecule has 0 aliphatic carbocycles. The van der Waals surface area contributed by atoms with Crippen LogP contribution in [0.15, 0.2) is 87.3 Å². The molecule has 6 nitrogen and oxygen atoms in total. The minimum absolute atomic E-state index is 0.0271. The van der Waals surface area contributed by atoms with Crippen molar-refractivity contribution in [3.63, 3.8) is 0 Å². The quantitative estimate of drug-likeness (QED) is 0.156. The number of benzene rings is 4. The molecule has 0 unspecified atom stereocenters. The molecule has 0 heterocycles. The molecule has 0 atom stereocenters. The van der Waals surface area contributed by atoms with Crippen LogP contribution >= 0.6 is 31.9 Å². The van der Waals surface area contributed by atoms with Crippen LogP contribution in [0, 0.1) is 11.3 Å². The Morgan fingerprint density at radius 3 is 2.39 bits per heavy atom. The number of nitriles is 1. The number of halogens is 2. The van der Waals surface area contributed by atoms with Gasteiger partial charge in [0.05, 0.1) is 23.2 Å². The van der Waals surface area contributed by atoms with E-state index < -0.39 is 5.91 Å². The first-order valence-corrected chi connectivity index (χ1v) is 13.2. The largest absolute Gasteiger partial charge is 0.497 e. The molecule has 0 aromatic heterocycles. The summed E-state index contributed by atoms with van der Waals surface area (Å²) >= 11 is 7.13. The molecule has 0 aliphatic heterocycles. The van der Waals surface area contributed by atoms with Gasteiger partial charge in [-0.15, -0.1) is 0 Å². The molecule has 4 rings (SSSR count). The third kappa shape index (κ3) is 6.36. The van der Waals surface area contributed by atoms with Crippen LogP contribution in [0.3, 0.4) is 0 Å². The van der Waals surface area contributed by atoms with Crippen molar-refractivity contribution in [2.45, 2.75) is 13.2 Å². The Morgan fingerprint density at radius 1 is 0.947 bits per heavy atom. The van der Waals surface area contributed by atoms with Gasteiger partial charge < -0.3 is 19.5 Å². The predicted octanol–water partition coefficient (Wildman–Crippen LogP) is 7.18. The Morgan fingerprint density at radius 2 is 1.68 bits per heavy atom. The number of rotatable bonds is 9. The fraction of sp³-hybridized carbons (Fsp3) is 0.133. The predicted molar refractivity (Wildman–Crippen MR) is 155 cm³/mol. The van der Waals surface area contributed by atoms with Crippen molar-refractivity contribution in [1.82, 2.24) is 5.32 Å². The molecule has 4 aromatic carbocycles. The van der Waals surface area contributed by atoms with Gasteiger partial charge in [-0.3, -0.25) is 4.79 Å². The maximum Gasteiger partial charge on any atom is 0.262 e. The van der Waals surface area contributed by atoms with E-state index in [9.17, 15) is 10.1 Å². The molecular weight excluding hydrogens is 612 g/mol. The lowest BCUT2D eigenvalue weighted by molar-refractivity contribution is -0.117. The van der Waals surface area contributed by atoms with Crippen LogP contribution in [0.4, 0.5) is 0 Å². The summed E-state index contributed by atoms with van der Waals surface area (Å²) in [4.78, 5) is 12.8. The van der Waals surface area contributed by atoms with Gasteiger partial charge in [-0.2, -0.15) is 5.26 Å². The highest BCUT2D eigenvalue weighted by atomic mass is 79.9. The number of hydrogen-bond donors (Lipinski definition) is 1. The van der Waals surface area contributed by atoms with Crippen molar-refractivity contribution >= 4 is 54.6 Å². The van der Waals surface area contributed by atoms with E-state index in [2.05, 4.69) is 55.4 Å². The second kappa shape index (κ2) is 12.6. The first kappa shape index (κ1) is 27.2. The average molecular weight is 636 g/mol. The molecule has 0 spiro atoms. The van der Waals surface area contributed by atoms with Crippen LogP contribution in [0.25, 0.3) is 16.8 Å². The summed E-state index contributed by atoms with van der Waals surface area (Å²) in [7, 11) is 3.12. The molecule has 0 saturated heterocycles. The molecule has 38 heavy (non-hydrogen) atoms. The standard InChI is InChI=1S/C30H24Br2N2O4/c1-36-24-11-10-21(28(15-24)37-2)17-34-30(35)23(16-33)12-19-13-26(31)29(27(32)14-19)38-18-22-8-5-7-20-6-3-4-9-25(20)22/h3-15H,17-18H2,1-2H3,(H,34,35)/b23-12+. The number of amides is 1. The molecule has 0 radical (unpaired) electrons. The van der Waals surface area contributed by atoms with Crippen LogP contribution in [0.5, 0.6) is 17.2 Å². The van der Waals surface area contributed by atoms with Gasteiger partial charge in [0.15, 0.2) is 0 Å². The third-order valence-electron chi connectivity index (χ3n) is 5.88. The Kier molecular flexibility index (Phi) is 9.06. The topological polar surface area (TPSA) is 80.6 Å². The Balaban J connectivity index is 1.48. The van der Waals surface area contributed by atoms with Crippen molar-refractivity contribution in [1.29, 1.82) is 5.26 Å². The van der Waals surface area contributed by atoms with Gasteiger partial charge in [-0.1, -0.05) is 42.5 Å². The number of ether oxygens (including phenoxy) is 3. The zero-order valence-electron chi connectivity index (χ0n) is 20.8. The first-order valence-electron chi connectivity index (χ1n) is 11.6. The summed E-state index contributed by atoms with van der Waals surface area (Å²) in [5.74, 6) is 1.37. The van der Waals surface area contributed by atoms with E-state index in [0.717, 1.165) is 21.9 Å². The third-order valence-corrected chi connectivity index (χ3v) is 7.06. The summed E-state index contributed by atoms with van der Waals surface area (Å²) < 4.78 is 18.1. The highest BCUT2D eigenvalue weighted by Crippen LogP contribution is 2.36. The second-order valence-corrected chi connectivity index (χ2v) is 9.98. The minimum atomic E-state index is -0.492. The van der Waals surface area contributed by atoms with E-state index in [1.165, 1.54) is 6.08 Å². The number of hydrogen-bond acceptors (Lipinski definition) is 5. The van der Waals surface area contributed by atoms with Gasteiger partial charge in [0.1, 0.15) is 35.5 Å². The fourth-order valence-corrected chi connectivity index (χ4v) is 5.40. The monoisotopic (exact) mass is 634 g/mol. The highest BCUT2D eigenvalue weighted by molar-refractivity contribution is 9.11. The molecule has 192 valence electrons. The van der Waals surface area contributed by atoms with E-state index in [0.29, 0.717) is 38.4 Å². The molecule has 0 aliphatic rings. The Labute approximate surface area is 238 Å². The van der Waals surface area contributed by atoms with Crippen LogP contribution < -0.4 is 19.5 Å². The molecule has 1 N–H and O–H groups in total. The van der Waals surface area contributed by atoms with Crippen molar-refractivity contribution in [2.24, 2.45) is 0 Å². The van der Waals surface area contributed by atoms with Crippen LogP contribution in [-0.4, -0.2) is 20.1 Å². The summed E-state index contributed by atoms with van der Waals surface area (Å²) in [6.07, 6.45) is 1.53. The minimum Gasteiger partial charge on any atom is -0.497 e. The van der Waals surface area contributed by atoms with Gasteiger partial charge >= 0.3 is 0 Å². The molecule has 0 bridgehead atoms. The van der Waals surface area contributed by atoms with Gasteiger partial charge in [0, 0.05) is 18.2 Å². The summed E-state index contributed by atoms with van der Waals surface area (Å²) in [6.45, 7) is 0.577. The average Bonchev–Trinajstić information content (AvgIpc) is 2.94. The maximum atomic E-state index is 12.8. The molecule has 8 heteroatoms. The number of carbonyl (C=O) groups excluding carboxylic acids is 1. The number of nitrogens with one attached hydrogen (secondary N) is 1. The van der Waals surface area contributed by atoms with Crippen LogP contribution in [0.1, 0.15) is 16.7 Å². The zero-order chi connectivity index (χ0) is 27.1. The molecular formula is C30H24Br2N2O4. The summed E-state index contributed by atoms with van der Waals surface area (Å²) in [5.41, 5.74) is 2.47. The maximum absolute atomic E-state index is 12.8. The lowest BCUT2D eigenvalue weighted by Gasteiger charge is -2.13. The number of carbonyl (C=O) groups is 1. The lowest BCUT2D eigenvalue weighted by atomic mass is 10.1. The van der Waals surface area contributed by atoms with Gasteiger partial charge in [-0.05, 0) is 84.1 Å². The van der Waals surface area contributed by atoms with Crippen molar-refractivity contribution in [3.05, 3.63) is 104 Å². The van der Waals surface area contributed by atoms with E-state index in [1.807, 2.05) is 30.3 Å². The zero-order valence-corrected chi connectivity index (χ0v) is 23.9.